The van der Waals surface area contributed by atoms with E-state index in [0.717, 1.165) is 13.1 Å². The predicted molar refractivity (Wildman–Crippen MR) is 110 cm³/mol. The van der Waals surface area contributed by atoms with Gasteiger partial charge in [0.05, 0.1) is 12.6 Å². The molecule has 0 amide bonds. The fourth-order valence-corrected chi connectivity index (χ4v) is 3.46. The number of rotatable bonds is 6. The van der Waals surface area contributed by atoms with Gasteiger partial charge in [0.15, 0.2) is 5.79 Å². The molecule has 3 heteroatoms. The Morgan fingerprint density at radius 1 is 1.04 bits per heavy atom. The number of ether oxygens (including phenoxy) is 2. The number of hydrogen-bond donors (Lipinski definition) is 0. The third-order valence-corrected chi connectivity index (χ3v) is 4.92. The third kappa shape index (κ3) is 5.52. The van der Waals surface area contributed by atoms with Crippen molar-refractivity contribution in [2.24, 2.45) is 0 Å². The summed E-state index contributed by atoms with van der Waals surface area (Å²) in [6, 6.07) is 21.3. The lowest BCUT2D eigenvalue weighted by Crippen LogP contribution is -2.52. The molecule has 2 aromatic rings. The van der Waals surface area contributed by atoms with Crippen LogP contribution in [0.1, 0.15) is 44.9 Å². The first-order chi connectivity index (χ1) is 12.9. The highest BCUT2D eigenvalue weighted by Gasteiger charge is 2.40. The van der Waals surface area contributed by atoms with Gasteiger partial charge in [0.25, 0.3) is 0 Å². The molecule has 3 rings (SSSR count). The minimum absolute atomic E-state index is 0.0239. The quantitative estimate of drug-likeness (QED) is 0.644. The van der Waals surface area contributed by atoms with Crippen LogP contribution in [0.5, 0.6) is 0 Å². The Kier molecular flexibility index (Phi) is 6.48. The van der Waals surface area contributed by atoms with E-state index in [0.29, 0.717) is 6.61 Å². The van der Waals surface area contributed by atoms with Gasteiger partial charge < -0.3 is 9.47 Å². The van der Waals surface area contributed by atoms with E-state index in [1.165, 1.54) is 16.7 Å². The maximum absolute atomic E-state index is 6.41. The van der Waals surface area contributed by atoms with Crippen LogP contribution in [-0.4, -0.2) is 29.9 Å². The van der Waals surface area contributed by atoms with E-state index < -0.39 is 5.79 Å². The molecular weight excluding hydrogens is 334 g/mol. The zero-order chi connectivity index (χ0) is 19.3. The lowest BCUT2D eigenvalue weighted by molar-refractivity contribution is -0.297. The Hall–Kier alpha value is -1.94. The van der Waals surface area contributed by atoms with Gasteiger partial charge in [-0.1, -0.05) is 72.3 Å². The first-order valence-corrected chi connectivity index (χ1v) is 9.73. The van der Waals surface area contributed by atoms with Gasteiger partial charge in [0, 0.05) is 13.1 Å². The van der Waals surface area contributed by atoms with Crippen molar-refractivity contribution >= 4 is 0 Å². The smallest absolute Gasteiger partial charge is 0.163 e. The van der Waals surface area contributed by atoms with Gasteiger partial charge in [0.2, 0.25) is 0 Å². The van der Waals surface area contributed by atoms with Crippen LogP contribution in [0.15, 0.2) is 72.3 Å². The highest BCUT2D eigenvalue weighted by Crippen LogP contribution is 2.36. The summed E-state index contributed by atoms with van der Waals surface area (Å²) < 4.78 is 12.5. The normalized spacial score (nSPS) is 21.8. The Labute approximate surface area is 163 Å². The van der Waals surface area contributed by atoms with E-state index in [-0.39, 0.29) is 12.1 Å². The molecule has 1 fully saturated rings. The molecule has 0 bridgehead atoms. The summed E-state index contributed by atoms with van der Waals surface area (Å²) in [5, 5.41) is 0. The minimum Gasteiger partial charge on any atom is -0.349 e. The van der Waals surface area contributed by atoms with Crippen LogP contribution in [0.25, 0.3) is 0 Å². The van der Waals surface area contributed by atoms with Crippen LogP contribution in [0.4, 0.5) is 0 Å². The summed E-state index contributed by atoms with van der Waals surface area (Å²) in [6.07, 6.45) is 2.26. The molecule has 0 saturated carbocycles. The number of allylic oxidation sites excluding steroid dienone is 1. The Morgan fingerprint density at radius 3 is 2.30 bits per heavy atom. The van der Waals surface area contributed by atoms with Crippen LogP contribution in [0.3, 0.4) is 0 Å². The maximum Gasteiger partial charge on any atom is 0.163 e. The van der Waals surface area contributed by atoms with Gasteiger partial charge in [-0.25, -0.2) is 0 Å². The van der Waals surface area contributed by atoms with Crippen molar-refractivity contribution in [1.29, 1.82) is 0 Å². The van der Waals surface area contributed by atoms with Gasteiger partial charge in [-0.15, -0.1) is 0 Å². The minimum atomic E-state index is -0.577. The molecule has 1 aliphatic heterocycles. The van der Waals surface area contributed by atoms with Crippen LogP contribution in [0, 0.1) is 0 Å². The topological polar surface area (TPSA) is 21.7 Å². The molecule has 1 aliphatic rings. The average Bonchev–Trinajstić information content (AvgIpc) is 2.66. The SMILES string of the molecule is CC(C)=CCN(Cc1ccccc1)[C@H]1COC(C)(C)O[C@H]1c1ccccc1. The first kappa shape index (κ1) is 19.8. The second-order valence-corrected chi connectivity index (χ2v) is 7.92. The molecule has 144 valence electrons. The van der Waals surface area contributed by atoms with Crippen molar-refractivity contribution in [2.45, 2.75) is 52.2 Å². The summed E-state index contributed by atoms with van der Waals surface area (Å²) >= 11 is 0. The predicted octanol–water partition coefficient (Wildman–Crippen LogP) is 5.35. The molecule has 3 nitrogen and oxygen atoms in total. The van der Waals surface area contributed by atoms with Crippen LogP contribution in [0.2, 0.25) is 0 Å². The van der Waals surface area contributed by atoms with Crippen molar-refractivity contribution in [3.63, 3.8) is 0 Å². The van der Waals surface area contributed by atoms with Gasteiger partial charge >= 0.3 is 0 Å². The lowest BCUT2D eigenvalue weighted by Gasteiger charge is -2.45. The monoisotopic (exact) mass is 365 g/mol. The molecule has 0 aromatic heterocycles. The molecule has 1 saturated heterocycles. The third-order valence-electron chi connectivity index (χ3n) is 4.92. The van der Waals surface area contributed by atoms with Crippen LogP contribution in [-0.2, 0) is 16.0 Å². The first-order valence-electron chi connectivity index (χ1n) is 9.73. The number of nitrogens with zero attached hydrogens (tertiary/aromatic N) is 1. The number of hydrogen-bond acceptors (Lipinski definition) is 3. The summed E-state index contributed by atoms with van der Waals surface area (Å²) in [5.41, 5.74) is 3.83. The Bertz CT molecular complexity index is 735. The standard InChI is InChI=1S/C24H31NO2/c1-19(2)15-16-25(17-20-11-7-5-8-12-20)22-18-26-24(3,4)27-23(22)21-13-9-6-10-14-21/h5-15,22-23H,16-18H2,1-4H3/t22-,23-/m0/s1. The molecule has 27 heavy (non-hydrogen) atoms. The highest BCUT2D eigenvalue weighted by atomic mass is 16.7. The number of benzene rings is 2. The van der Waals surface area contributed by atoms with Crippen molar-refractivity contribution in [3.05, 3.63) is 83.4 Å². The van der Waals surface area contributed by atoms with E-state index in [1.54, 1.807) is 0 Å². The second-order valence-electron chi connectivity index (χ2n) is 7.92. The van der Waals surface area contributed by atoms with Crippen molar-refractivity contribution in [1.82, 2.24) is 4.90 Å². The zero-order valence-corrected chi connectivity index (χ0v) is 16.9. The highest BCUT2D eigenvalue weighted by molar-refractivity contribution is 5.21. The molecule has 0 N–H and O–H groups in total. The van der Waals surface area contributed by atoms with Crippen molar-refractivity contribution in [2.75, 3.05) is 13.2 Å². The van der Waals surface area contributed by atoms with E-state index >= 15 is 0 Å². The zero-order valence-electron chi connectivity index (χ0n) is 16.9. The molecular formula is C24H31NO2. The summed E-state index contributed by atoms with van der Waals surface area (Å²) in [5.74, 6) is -0.577. The van der Waals surface area contributed by atoms with Crippen molar-refractivity contribution < 1.29 is 9.47 Å². The van der Waals surface area contributed by atoms with E-state index in [2.05, 4.69) is 79.4 Å². The summed E-state index contributed by atoms with van der Waals surface area (Å²) in [6.45, 7) is 10.7. The van der Waals surface area contributed by atoms with Gasteiger partial charge in [-0.3, -0.25) is 4.90 Å². The maximum atomic E-state index is 6.41. The molecule has 1 heterocycles. The Balaban J connectivity index is 1.90. The van der Waals surface area contributed by atoms with Crippen molar-refractivity contribution in [3.8, 4) is 0 Å². The molecule has 0 radical (unpaired) electrons. The molecule has 0 aliphatic carbocycles. The molecule has 0 unspecified atom stereocenters. The Morgan fingerprint density at radius 2 is 1.67 bits per heavy atom. The average molecular weight is 366 g/mol. The van der Waals surface area contributed by atoms with Crippen LogP contribution < -0.4 is 0 Å². The van der Waals surface area contributed by atoms with Gasteiger partial charge in [-0.05, 0) is 38.8 Å². The van der Waals surface area contributed by atoms with E-state index in [4.69, 9.17) is 9.47 Å². The van der Waals surface area contributed by atoms with Gasteiger partial charge in [0.1, 0.15) is 6.10 Å². The second kappa shape index (κ2) is 8.83. The van der Waals surface area contributed by atoms with E-state index in [9.17, 15) is 0 Å². The molecule has 0 spiro atoms. The summed E-state index contributed by atoms with van der Waals surface area (Å²) in [7, 11) is 0. The molecule has 2 atom stereocenters. The van der Waals surface area contributed by atoms with Gasteiger partial charge in [-0.2, -0.15) is 0 Å². The van der Waals surface area contributed by atoms with Crippen LogP contribution >= 0.6 is 0 Å². The summed E-state index contributed by atoms with van der Waals surface area (Å²) in [4.78, 5) is 2.47. The van der Waals surface area contributed by atoms with E-state index in [1.807, 2.05) is 19.9 Å². The molecule has 2 aromatic carbocycles. The largest absolute Gasteiger partial charge is 0.349 e. The lowest BCUT2D eigenvalue weighted by atomic mass is 9.98. The fourth-order valence-electron chi connectivity index (χ4n) is 3.46. The fraction of sp³-hybridized carbons (Fsp3) is 0.417.